The van der Waals surface area contributed by atoms with Gasteiger partial charge in [0.2, 0.25) is 0 Å². The van der Waals surface area contributed by atoms with Gasteiger partial charge < -0.3 is 9.47 Å². The fourth-order valence-electron chi connectivity index (χ4n) is 6.44. The maximum atomic E-state index is 12.7. The van der Waals surface area contributed by atoms with Gasteiger partial charge in [-0.05, 0) is 89.1 Å². The molecular formula is C33H41NO4. The van der Waals surface area contributed by atoms with Crippen LogP contribution in [-0.4, -0.2) is 35.5 Å². The number of carbonyl (C=O) groups is 2. The number of fused-ring (bicyclic) bond motifs is 4. The van der Waals surface area contributed by atoms with Crippen molar-refractivity contribution in [2.45, 2.75) is 90.6 Å². The van der Waals surface area contributed by atoms with Crippen molar-refractivity contribution in [3.05, 3.63) is 70.3 Å². The number of nitrogens with zero attached hydrogens (tertiary/aromatic N) is 1. The largest absolute Gasteiger partial charge is 0.493 e. The van der Waals surface area contributed by atoms with E-state index in [0.717, 1.165) is 43.6 Å². The van der Waals surface area contributed by atoms with Crippen LogP contribution in [0.5, 0.6) is 11.5 Å². The Labute approximate surface area is 227 Å². The highest BCUT2D eigenvalue weighted by Gasteiger charge is 2.46. The number of carbonyl (C=O) groups excluding carboxylic acids is 2. The Hall–Kier alpha value is -3.08. The fourth-order valence-corrected chi connectivity index (χ4v) is 6.44. The number of allylic oxidation sites excluding steroid dienone is 2. The zero-order chi connectivity index (χ0) is 26.9. The smallest absolute Gasteiger partial charge is 0.261 e. The van der Waals surface area contributed by atoms with E-state index in [-0.39, 0.29) is 17.4 Å². The minimum atomic E-state index is -0.222. The Balaban J connectivity index is 1.29. The van der Waals surface area contributed by atoms with Crippen LogP contribution in [0, 0.1) is 5.92 Å². The molecule has 2 heterocycles. The van der Waals surface area contributed by atoms with Crippen LogP contribution in [0.25, 0.3) is 0 Å². The third-order valence-electron chi connectivity index (χ3n) is 8.53. The van der Waals surface area contributed by atoms with Gasteiger partial charge in [0.05, 0.1) is 17.7 Å². The van der Waals surface area contributed by atoms with Crippen LogP contribution >= 0.6 is 0 Å². The standard InChI is InChI=1S/C33H41NO4/c1-5-6-7-12-23-20-28(30-26-19-22(2)15-16-27(26)33(3,4)38-29(30)21-23)37-18-11-10-17-34-31(35)24-13-8-9-14-25(24)32(34)36/h8-9,13-15,20-21,26-27H,5-7,10-12,16-19H2,1-4H3/t26-,27+/m1/s1. The van der Waals surface area contributed by atoms with Gasteiger partial charge in [0, 0.05) is 23.9 Å². The molecule has 2 amide bonds. The number of ether oxygens (including phenoxy) is 2. The van der Waals surface area contributed by atoms with E-state index in [1.165, 1.54) is 34.4 Å². The normalized spacial score (nSPS) is 21.4. The molecule has 2 aromatic rings. The zero-order valence-electron chi connectivity index (χ0n) is 23.3. The molecule has 202 valence electrons. The summed E-state index contributed by atoms with van der Waals surface area (Å²) >= 11 is 0. The lowest BCUT2D eigenvalue weighted by molar-refractivity contribution is 0.00720. The van der Waals surface area contributed by atoms with Crippen molar-refractivity contribution in [2.24, 2.45) is 5.92 Å². The van der Waals surface area contributed by atoms with Crippen molar-refractivity contribution < 1.29 is 19.1 Å². The topological polar surface area (TPSA) is 55.8 Å². The number of hydrogen-bond acceptors (Lipinski definition) is 4. The Morgan fingerprint density at radius 1 is 1.03 bits per heavy atom. The maximum absolute atomic E-state index is 12.7. The van der Waals surface area contributed by atoms with Gasteiger partial charge in [0.15, 0.2) is 0 Å². The third-order valence-corrected chi connectivity index (χ3v) is 8.53. The molecule has 5 nitrogen and oxygen atoms in total. The van der Waals surface area contributed by atoms with E-state index >= 15 is 0 Å². The number of aryl methyl sites for hydroxylation is 1. The summed E-state index contributed by atoms with van der Waals surface area (Å²) < 4.78 is 13.2. The summed E-state index contributed by atoms with van der Waals surface area (Å²) in [7, 11) is 0. The SMILES string of the molecule is CCCCCc1cc(OCCCCN2C(=O)c3ccccc3C2=O)c2c(c1)OC(C)(C)[C@H]1CC=C(C)C[C@@H]21. The number of rotatable bonds is 10. The molecular weight excluding hydrogens is 474 g/mol. The maximum Gasteiger partial charge on any atom is 0.261 e. The molecule has 0 spiro atoms. The molecule has 5 rings (SSSR count). The first-order chi connectivity index (χ1) is 18.3. The van der Waals surface area contributed by atoms with Crippen molar-refractivity contribution in [2.75, 3.05) is 13.2 Å². The molecule has 0 radical (unpaired) electrons. The van der Waals surface area contributed by atoms with E-state index < -0.39 is 0 Å². The molecule has 0 bridgehead atoms. The second kappa shape index (κ2) is 11.0. The number of hydrogen-bond donors (Lipinski definition) is 0. The number of benzene rings is 2. The lowest BCUT2D eigenvalue weighted by Crippen LogP contribution is -2.45. The number of unbranched alkanes of at least 4 members (excludes halogenated alkanes) is 3. The minimum Gasteiger partial charge on any atom is -0.493 e. The summed E-state index contributed by atoms with van der Waals surface area (Å²) in [5.74, 6) is 2.37. The van der Waals surface area contributed by atoms with Crippen LogP contribution in [0.2, 0.25) is 0 Å². The molecule has 5 heteroatoms. The lowest BCUT2D eigenvalue weighted by Gasteiger charge is -2.47. The Morgan fingerprint density at radius 2 is 1.76 bits per heavy atom. The van der Waals surface area contributed by atoms with Crippen molar-refractivity contribution in [1.82, 2.24) is 4.90 Å². The number of amides is 2. The van der Waals surface area contributed by atoms with E-state index in [9.17, 15) is 9.59 Å². The first kappa shape index (κ1) is 26.5. The molecule has 0 unspecified atom stereocenters. The second-order valence-corrected chi connectivity index (χ2v) is 11.7. The third kappa shape index (κ3) is 5.12. The van der Waals surface area contributed by atoms with E-state index in [4.69, 9.17) is 9.47 Å². The summed E-state index contributed by atoms with van der Waals surface area (Å²) in [6, 6.07) is 11.6. The van der Waals surface area contributed by atoms with Crippen LogP contribution in [0.3, 0.4) is 0 Å². The highest BCUT2D eigenvalue weighted by Crippen LogP contribution is 2.54. The van der Waals surface area contributed by atoms with E-state index in [1.807, 2.05) is 0 Å². The van der Waals surface area contributed by atoms with Crippen molar-refractivity contribution in [1.29, 1.82) is 0 Å². The Kier molecular flexibility index (Phi) is 7.65. The summed E-state index contributed by atoms with van der Waals surface area (Å²) in [4.78, 5) is 26.7. The van der Waals surface area contributed by atoms with Gasteiger partial charge in [-0.1, -0.05) is 43.5 Å². The summed E-state index contributed by atoms with van der Waals surface area (Å²) in [6.45, 7) is 9.88. The van der Waals surface area contributed by atoms with Gasteiger partial charge in [0.25, 0.3) is 11.8 Å². The van der Waals surface area contributed by atoms with Gasteiger partial charge >= 0.3 is 0 Å². The fraction of sp³-hybridized carbons (Fsp3) is 0.515. The highest BCUT2D eigenvalue weighted by atomic mass is 16.5. The minimum absolute atomic E-state index is 0.188. The average molecular weight is 516 g/mol. The summed E-state index contributed by atoms with van der Waals surface area (Å²) in [5, 5.41) is 0. The first-order valence-electron chi connectivity index (χ1n) is 14.4. The van der Waals surface area contributed by atoms with Crippen molar-refractivity contribution in [3.63, 3.8) is 0 Å². The van der Waals surface area contributed by atoms with Crippen molar-refractivity contribution >= 4 is 11.8 Å². The molecule has 2 atom stereocenters. The van der Waals surface area contributed by atoms with Crippen LogP contribution in [0.4, 0.5) is 0 Å². The summed E-state index contributed by atoms with van der Waals surface area (Å²) in [6.07, 6.45) is 10.5. The quantitative estimate of drug-likeness (QED) is 0.187. The van der Waals surface area contributed by atoms with Gasteiger partial charge in [-0.3, -0.25) is 14.5 Å². The molecule has 0 fully saturated rings. The predicted molar refractivity (Wildman–Crippen MR) is 150 cm³/mol. The summed E-state index contributed by atoms with van der Waals surface area (Å²) in [5.41, 5.74) is 4.73. The van der Waals surface area contributed by atoms with Gasteiger partial charge in [-0.2, -0.15) is 0 Å². The van der Waals surface area contributed by atoms with Crippen LogP contribution < -0.4 is 9.47 Å². The predicted octanol–water partition coefficient (Wildman–Crippen LogP) is 7.49. The molecule has 2 aromatic carbocycles. The van der Waals surface area contributed by atoms with Gasteiger partial charge in [0.1, 0.15) is 17.1 Å². The molecule has 0 saturated carbocycles. The Bertz CT molecular complexity index is 1210. The van der Waals surface area contributed by atoms with Crippen molar-refractivity contribution in [3.8, 4) is 11.5 Å². The highest BCUT2D eigenvalue weighted by molar-refractivity contribution is 6.21. The molecule has 0 saturated heterocycles. The molecule has 0 N–H and O–H groups in total. The van der Waals surface area contributed by atoms with Gasteiger partial charge in [-0.25, -0.2) is 0 Å². The second-order valence-electron chi connectivity index (χ2n) is 11.7. The lowest BCUT2D eigenvalue weighted by atomic mass is 9.67. The van der Waals surface area contributed by atoms with E-state index in [1.54, 1.807) is 24.3 Å². The Morgan fingerprint density at radius 3 is 2.47 bits per heavy atom. The molecule has 3 aliphatic rings. The van der Waals surface area contributed by atoms with E-state index in [0.29, 0.717) is 42.5 Å². The van der Waals surface area contributed by atoms with Crippen LogP contribution in [-0.2, 0) is 6.42 Å². The molecule has 38 heavy (non-hydrogen) atoms. The molecule has 2 aliphatic heterocycles. The van der Waals surface area contributed by atoms with Gasteiger partial charge in [-0.15, -0.1) is 0 Å². The van der Waals surface area contributed by atoms with Crippen LogP contribution in [0.1, 0.15) is 110 Å². The average Bonchev–Trinajstić information content (AvgIpc) is 3.12. The zero-order valence-corrected chi connectivity index (χ0v) is 23.3. The number of imide groups is 1. The monoisotopic (exact) mass is 515 g/mol. The van der Waals surface area contributed by atoms with E-state index in [2.05, 4.69) is 45.9 Å². The first-order valence-corrected chi connectivity index (χ1v) is 14.4. The van der Waals surface area contributed by atoms with Crippen LogP contribution in [0.15, 0.2) is 48.0 Å². The molecule has 0 aromatic heterocycles. The molecule has 1 aliphatic carbocycles.